The van der Waals surface area contributed by atoms with Crippen LogP contribution in [0.4, 0.5) is 18.9 Å². The van der Waals surface area contributed by atoms with E-state index in [4.69, 9.17) is 10.2 Å². The van der Waals surface area contributed by atoms with Crippen LogP contribution in [0.15, 0.2) is 24.3 Å². The fourth-order valence-corrected chi connectivity index (χ4v) is 2.68. The number of carbonyl (C=O) groups is 3. The van der Waals surface area contributed by atoms with Crippen LogP contribution in [0.1, 0.15) is 12.0 Å². The average Bonchev–Trinajstić information content (AvgIpc) is 2.58. The van der Waals surface area contributed by atoms with E-state index in [1.807, 2.05) is 0 Å². The number of rotatable bonds is 5. The molecule has 0 atom stereocenters. The molecule has 0 unspecified atom stereocenters. The number of benzene rings is 1. The molecule has 1 aromatic rings. The standard InChI is InChI=1S/C16H17F3N2O5/c17-16(18,19)10-2-1-3-11(8-10)20-4-6-21(7-5-20)13(22)9-12(14(23)24)15(25)26/h1-3,8,12H,4-7,9H2,(H,23,24)(H,25,26). The molecule has 2 N–H and O–H groups in total. The van der Waals surface area contributed by atoms with Gasteiger partial charge in [0.2, 0.25) is 5.91 Å². The van der Waals surface area contributed by atoms with E-state index in [1.54, 1.807) is 4.90 Å². The fourth-order valence-electron chi connectivity index (χ4n) is 2.68. The molecule has 142 valence electrons. The van der Waals surface area contributed by atoms with Gasteiger partial charge >= 0.3 is 18.1 Å². The number of alkyl halides is 3. The van der Waals surface area contributed by atoms with E-state index < -0.39 is 41.9 Å². The molecule has 0 aromatic heterocycles. The SMILES string of the molecule is O=C(O)C(CC(=O)N1CCN(c2cccc(C(F)(F)F)c2)CC1)C(=O)O. The summed E-state index contributed by atoms with van der Waals surface area (Å²) in [5.74, 6) is -5.60. The Balaban J connectivity index is 1.98. The van der Waals surface area contributed by atoms with Crippen LogP contribution in [0.5, 0.6) is 0 Å². The van der Waals surface area contributed by atoms with Crippen molar-refractivity contribution in [2.45, 2.75) is 12.6 Å². The Morgan fingerprint density at radius 1 is 1.04 bits per heavy atom. The van der Waals surface area contributed by atoms with Gasteiger partial charge in [-0.05, 0) is 18.2 Å². The summed E-state index contributed by atoms with van der Waals surface area (Å²) in [6.07, 6.45) is -5.11. The van der Waals surface area contributed by atoms with E-state index in [1.165, 1.54) is 17.0 Å². The molecule has 1 amide bonds. The van der Waals surface area contributed by atoms with Gasteiger partial charge in [0.15, 0.2) is 5.92 Å². The average molecular weight is 374 g/mol. The van der Waals surface area contributed by atoms with Crippen LogP contribution in [0.3, 0.4) is 0 Å². The molecule has 26 heavy (non-hydrogen) atoms. The van der Waals surface area contributed by atoms with Gasteiger partial charge in [-0.15, -0.1) is 0 Å². The third kappa shape index (κ3) is 4.64. The molecule has 0 spiro atoms. The molecule has 1 fully saturated rings. The van der Waals surface area contributed by atoms with Crippen LogP contribution in [0, 0.1) is 5.92 Å². The monoisotopic (exact) mass is 374 g/mol. The van der Waals surface area contributed by atoms with Crippen LogP contribution in [0.2, 0.25) is 0 Å². The number of aliphatic carboxylic acids is 2. The molecule has 0 saturated carbocycles. The summed E-state index contributed by atoms with van der Waals surface area (Å²) < 4.78 is 38.4. The number of nitrogens with zero attached hydrogens (tertiary/aromatic N) is 2. The summed E-state index contributed by atoms with van der Waals surface area (Å²) in [5, 5.41) is 17.6. The molecular weight excluding hydrogens is 357 g/mol. The van der Waals surface area contributed by atoms with Gasteiger partial charge in [-0.2, -0.15) is 13.2 Å². The lowest BCUT2D eigenvalue weighted by Crippen LogP contribution is -2.49. The minimum absolute atomic E-state index is 0.168. The Bertz CT molecular complexity index is 685. The number of piperazine rings is 1. The van der Waals surface area contributed by atoms with Crippen LogP contribution >= 0.6 is 0 Å². The van der Waals surface area contributed by atoms with Gasteiger partial charge in [-0.25, -0.2) is 0 Å². The van der Waals surface area contributed by atoms with Gasteiger partial charge in [0.05, 0.1) is 12.0 Å². The van der Waals surface area contributed by atoms with Gasteiger partial charge in [0.1, 0.15) is 0 Å². The number of carbonyl (C=O) groups excluding carboxylic acids is 1. The van der Waals surface area contributed by atoms with Crippen LogP contribution < -0.4 is 4.90 Å². The zero-order valence-electron chi connectivity index (χ0n) is 13.6. The molecule has 1 saturated heterocycles. The lowest BCUT2D eigenvalue weighted by Gasteiger charge is -2.36. The van der Waals surface area contributed by atoms with Crippen LogP contribution in [-0.2, 0) is 20.6 Å². The maximum Gasteiger partial charge on any atom is 0.416 e. The van der Waals surface area contributed by atoms with E-state index in [0.717, 1.165) is 12.1 Å². The predicted molar refractivity (Wildman–Crippen MR) is 83.6 cm³/mol. The van der Waals surface area contributed by atoms with Gasteiger partial charge in [0.25, 0.3) is 0 Å². The topological polar surface area (TPSA) is 98.2 Å². The first kappa shape index (κ1) is 19.5. The van der Waals surface area contributed by atoms with Gasteiger partial charge in [0, 0.05) is 31.9 Å². The Labute approximate surface area is 146 Å². The third-order valence-electron chi connectivity index (χ3n) is 4.15. The minimum Gasteiger partial charge on any atom is -0.481 e. The normalized spacial score (nSPS) is 15.2. The molecule has 1 aliphatic heterocycles. The molecule has 2 rings (SSSR count). The maximum absolute atomic E-state index is 12.8. The molecular formula is C16H17F3N2O5. The van der Waals surface area contributed by atoms with E-state index >= 15 is 0 Å². The second-order valence-corrected chi connectivity index (χ2v) is 5.85. The van der Waals surface area contributed by atoms with Crippen molar-refractivity contribution >= 4 is 23.5 Å². The van der Waals surface area contributed by atoms with E-state index in [9.17, 15) is 27.6 Å². The number of amides is 1. The Morgan fingerprint density at radius 3 is 2.12 bits per heavy atom. The lowest BCUT2D eigenvalue weighted by atomic mass is 10.1. The molecule has 0 aliphatic carbocycles. The highest BCUT2D eigenvalue weighted by atomic mass is 19.4. The molecule has 1 aromatic carbocycles. The first-order valence-corrected chi connectivity index (χ1v) is 7.75. The van der Waals surface area contributed by atoms with Crippen molar-refractivity contribution in [3.8, 4) is 0 Å². The number of carboxylic acid groups (broad SMARTS) is 2. The molecule has 7 nitrogen and oxygen atoms in total. The maximum atomic E-state index is 12.8. The van der Waals surface area contributed by atoms with Crippen LogP contribution in [-0.4, -0.2) is 59.1 Å². The summed E-state index contributed by atoms with van der Waals surface area (Å²) in [6, 6.07) is 4.85. The number of hydrogen-bond donors (Lipinski definition) is 2. The number of anilines is 1. The highest BCUT2D eigenvalue weighted by Crippen LogP contribution is 2.31. The summed E-state index contributed by atoms with van der Waals surface area (Å²) in [5.41, 5.74) is -0.389. The second kappa shape index (κ2) is 7.63. The number of hydrogen-bond acceptors (Lipinski definition) is 4. The van der Waals surface area contributed by atoms with E-state index in [2.05, 4.69) is 0 Å². The Kier molecular flexibility index (Phi) is 5.73. The third-order valence-corrected chi connectivity index (χ3v) is 4.15. The Morgan fingerprint density at radius 2 is 1.62 bits per heavy atom. The first-order valence-electron chi connectivity index (χ1n) is 7.75. The number of carboxylic acids is 2. The van der Waals surface area contributed by atoms with Crippen molar-refractivity contribution in [1.29, 1.82) is 0 Å². The molecule has 10 heteroatoms. The van der Waals surface area contributed by atoms with Crippen molar-refractivity contribution in [3.63, 3.8) is 0 Å². The Hall–Kier alpha value is -2.78. The summed E-state index contributed by atoms with van der Waals surface area (Å²) >= 11 is 0. The van der Waals surface area contributed by atoms with E-state index in [0.29, 0.717) is 5.69 Å². The van der Waals surface area contributed by atoms with Gasteiger partial charge in [-0.3, -0.25) is 14.4 Å². The zero-order valence-corrected chi connectivity index (χ0v) is 13.6. The summed E-state index contributed by atoms with van der Waals surface area (Å²) in [4.78, 5) is 36.8. The van der Waals surface area contributed by atoms with Crippen molar-refractivity contribution in [3.05, 3.63) is 29.8 Å². The minimum atomic E-state index is -4.45. The van der Waals surface area contributed by atoms with Gasteiger partial charge < -0.3 is 20.0 Å². The number of halogens is 3. The first-order chi connectivity index (χ1) is 12.1. The molecule has 0 bridgehead atoms. The zero-order chi connectivity index (χ0) is 19.5. The van der Waals surface area contributed by atoms with Crippen molar-refractivity contribution in [2.24, 2.45) is 5.92 Å². The summed E-state index contributed by atoms with van der Waals surface area (Å²) in [7, 11) is 0. The van der Waals surface area contributed by atoms with Gasteiger partial charge in [-0.1, -0.05) is 6.07 Å². The fraction of sp³-hybridized carbons (Fsp3) is 0.438. The lowest BCUT2D eigenvalue weighted by molar-refractivity contribution is -0.157. The van der Waals surface area contributed by atoms with Crippen molar-refractivity contribution in [1.82, 2.24) is 4.90 Å². The highest BCUT2D eigenvalue weighted by molar-refractivity contribution is 5.97. The van der Waals surface area contributed by atoms with Crippen molar-refractivity contribution < 1.29 is 37.8 Å². The highest BCUT2D eigenvalue weighted by Gasteiger charge is 2.33. The molecule has 1 heterocycles. The largest absolute Gasteiger partial charge is 0.481 e. The van der Waals surface area contributed by atoms with E-state index in [-0.39, 0.29) is 26.2 Å². The van der Waals surface area contributed by atoms with Crippen LogP contribution in [0.25, 0.3) is 0 Å². The second-order valence-electron chi connectivity index (χ2n) is 5.85. The van der Waals surface area contributed by atoms with Crippen molar-refractivity contribution in [2.75, 3.05) is 31.1 Å². The molecule has 0 radical (unpaired) electrons. The summed E-state index contributed by atoms with van der Waals surface area (Å²) in [6.45, 7) is 0.859. The quantitative estimate of drug-likeness (QED) is 0.759. The molecule has 1 aliphatic rings. The smallest absolute Gasteiger partial charge is 0.416 e. The predicted octanol–water partition coefficient (Wildman–Crippen LogP) is 1.53.